The average Bonchev–Trinajstić information content (AvgIpc) is 2.66. The molecule has 0 aliphatic heterocycles. The third-order valence-electron chi connectivity index (χ3n) is 6.85. The summed E-state index contributed by atoms with van der Waals surface area (Å²) in [4.78, 5) is 10.3. The van der Waals surface area contributed by atoms with Crippen LogP contribution in [0.1, 0.15) is 74.4 Å². The first-order valence-corrected chi connectivity index (χ1v) is 11.6. The molecule has 31 heavy (non-hydrogen) atoms. The lowest BCUT2D eigenvalue weighted by Gasteiger charge is -2.25. The van der Waals surface area contributed by atoms with Gasteiger partial charge in [-0.3, -0.25) is 0 Å². The number of allylic oxidation sites excluding steroid dienone is 1. The highest BCUT2D eigenvalue weighted by molar-refractivity contribution is 6.14. The molecular formula is C30H38O. The molecule has 3 aromatic rings. The van der Waals surface area contributed by atoms with E-state index in [0.29, 0.717) is 11.8 Å². The standard InChI is InChI=1S/C24H26.C6H12O/c1-13-7-19-20(8-14(13)2)22-10-16(4)18(6)12-24(22)23-11-17(5)15(3)9-21(19)23;1-5(2)4-6(3)7/h7-11,18H,12H2,1-6H3;5H,4H2,1-3H3. The van der Waals surface area contributed by atoms with Gasteiger partial charge in [-0.2, -0.15) is 0 Å². The lowest BCUT2D eigenvalue weighted by molar-refractivity contribution is -0.117. The van der Waals surface area contributed by atoms with E-state index in [0.717, 1.165) is 12.8 Å². The van der Waals surface area contributed by atoms with Gasteiger partial charge in [-0.05, 0) is 115 Å². The van der Waals surface area contributed by atoms with Crippen molar-refractivity contribution in [2.24, 2.45) is 11.8 Å². The fourth-order valence-corrected chi connectivity index (χ4v) is 4.65. The average molecular weight is 415 g/mol. The van der Waals surface area contributed by atoms with Crippen molar-refractivity contribution < 1.29 is 4.79 Å². The van der Waals surface area contributed by atoms with E-state index in [4.69, 9.17) is 0 Å². The Hall–Kier alpha value is -2.41. The minimum Gasteiger partial charge on any atom is -0.300 e. The third kappa shape index (κ3) is 4.76. The summed E-state index contributed by atoms with van der Waals surface area (Å²) < 4.78 is 0. The summed E-state index contributed by atoms with van der Waals surface area (Å²) in [6, 6.07) is 9.61. The van der Waals surface area contributed by atoms with Gasteiger partial charge in [-0.1, -0.05) is 56.7 Å². The van der Waals surface area contributed by atoms with Crippen molar-refractivity contribution in [1.82, 2.24) is 0 Å². The minimum absolute atomic E-state index is 0.287. The van der Waals surface area contributed by atoms with Crippen LogP contribution in [0.25, 0.3) is 27.6 Å². The lowest BCUT2D eigenvalue weighted by atomic mass is 9.79. The molecule has 0 fully saturated rings. The first-order valence-electron chi connectivity index (χ1n) is 11.6. The molecule has 0 saturated heterocycles. The van der Waals surface area contributed by atoms with Gasteiger partial charge in [0.05, 0.1) is 0 Å². The number of rotatable bonds is 2. The van der Waals surface area contributed by atoms with Gasteiger partial charge in [0, 0.05) is 6.42 Å². The molecule has 0 spiro atoms. The Balaban J connectivity index is 0.000000339. The Morgan fingerprint density at radius 3 is 1.74 bits per heavy atom. The summed E-state index contributed by atoms with van der Waals surface area (Å²) in [6.07, 6.45) is 4.31. The van der Waals surface area contributed by atoms with Crippen molar-refractivity contribution in [3.8, 4) is 0 Å². The van der Waals surface area contributed by atoms with Crippen LogP contribution in [0, 0.1) is 39.5 Å². The molecule has 0 radical (unpaired) electrons. The highest BCUT2D eigenvalue weighted by atomic mass is 16.1. The first kappa shape index (κ1) is 23.3. The quantitative estimate of drug-likeness (QED) is 0.384. The molecule has 1 unspecified atom stereocenters. The van der Waals surface area contributed by atoms with Gasteiger partial charge < -0.3 is 4.79 Å². The van der Waals surface area contributed by atoms with Gasteiger partial charge in [-0.25, -0.2) is 0 Å². The lowest BCUT2D eigenvalue weighted by Crippen LogP contribution is -2.09. The molecule has 1 aliphatic rings. The van der Waals surface area contributed by atoms with E-state index >= 15 is 0 Å². The van der Waals surface area contributed by atoms with Crippen molar-refractivity contribution in [3.63, 3.8) is 0 Å². The molecule has 0 N–H and O–H groups in total. The Labute approximate surface area is 188 Å². The van der Waals surface area contributed by atoms with Crippen LogP contribution >= 0.6 is 0 Å². The van der Waals surface area contributed by atoms with Crippen LogP contribution in [0.4, 0.5) is 0 Å². The molecule has 1 aliphatic carbocycles. The second kappa shape index (κ2) is 8.99. The summed E-state index contributed by atoms with van der Waals surface area (Å²) >= 11 is 0. The second-order valence-corrected chi connectivity index (χ2v) is 10.1. The van der Waals surface area contributed by atoms with E-state index in [1.807, 2.05) is 13.8 Å². The molecule has 1 heteroatoms. The smallest absolute Gasteiger partial charge is 0.130 e. The van der Waals surface area contributed by atoms with Crippen LogP contribution in [-0.4, -0.2) is 5.78 Å². The number of Topliss-reactive ketones (excluding diaryl/α,β-unsaturated/α-hetero) is 1. The highest BCUT2D eigenvalue weighted by Gasteiger charge is 2.21. The third-order valence-corrected chi connectivity index (χ3v) is 6.85. The molecule has 0 amide bonds. The van der Waals surface area contributed by atoms with E-state index in [1.165, 1.54) is 54.9 Å². The number of fused-ring (bicyclic) bond motifs is 6. The van der Waals surface area contributed by atoms with Gasteiger partial charge in [0.2, 0.25) is 0 Å². The predicted octanol–water partition coefficient (Wildman–Crippen LogP) is 8.44. The van der Waals surface area contributed by atoms with E-state index in [2.05, 4.69) is 71.9 Å². The van der Waals surface area contributed by atoms with Crippen LogP contribution in [0.2, 0.25) is 0 Å². The number of carbonyl (C=O) groups is 1. The topological polar surface area (TPSA) is 17.1 Å². The Morgan fingerprint density at radius 1 is 0.839 bits per heavy atom. The van der Waals surface area contributed by atoms with Crippen molar-refractivity contribution in [1.29, 1.82) is 0 Å². The van der Waals surface area contributed by atoms with Crippen molar-refractivity contribution in [2.75, 3.05) is 0 Å². The maximum absolute atomic E-state index is 10.3. The van der Waals surface area contributed by atoms with Crippen molar-refractivity contribution in [3.05, 3.63) is 63.2 Å². The molecule has 0 aromatic heterocycles. The van der Waals surface area contributed by atoms with Gasteiger partial charge in [-0.15, -0.1) is 0 Å². The molecule has 3 aromatic carbocycles. The number of aryl methyl sites for hydroxylation is 4. The largest absolute Gasteiger partial charge is 0.300 e. The molecule has 1 atom stereocenters. The Bertz CT molecular complexity index is 1190. The van der Waals surface area contributed by atoms with Crippen molar-refractivity contribution in [2.45, 2.75) is 75.2 Å². The van der Waals surface area contributed by atoms with E-state index in [1.54, 1.807) is 12.5 Å². The zero-order valence-electron chi connectivity index (χ0n) is 20.9. The van der Waals surface area contributed by atoms with Gasteiger partial charge in [0.25, 0.3) is 0 Å². The molecule has 0 bridgehead atoms. The molecule has 0 saturated carbocycles. The van der Waals surface area contributed by atoms with Crippen LogP contribution in [0.15, 0.2) is 29.8 Å². The van der Waals surface area contributed by atoms with Crippen molar-refractivity contribution >= 4 is 33.4 Å². The summed E-state index contributed by atoms with van der Waals surface area (Å²) in [5.74, 6) is 1.44. The summed E-state index contributed by atoms with van der Waals surface area (Å²) in [5.41, 5.74) is 10.1. The number of carbonyl (C=O) groups excluding carboxylic acids is 1. The van der Waals surface area contributed by atoms with Crippen LogP contribution in [-0.2, 0) is 11.2 Å². The maximum atomic E-state index is 10.3. The zero-order chi connectivity index (χ0) is 23.0. The normalized spacial score (nSPS) is 15.5. The number of hydrogen-bond donors (Lipinski definition) is 0. The monoisotopic (exact) mass is 414 g/mol. The second-order valence-electron chi connectivity index (χ2n) is 10.1. The molecule has 4 rings (SSSR count). The van der Waals surface area contributed by atoms with Gasteiger partial charge in [0.1, 0.15) is 5.78 Å². The summed E-state index contributed by atoms with van der Waals surface area (Å²) in [5, 5.41) is 5.72. The molecule has 164 valence electrons. The minimum atomic E-state index is 0.287. The van der Waals surface area contributed by atoms with E-state index in [9.17, 15) is 4.79 Å². The Morgan fingerprint density at radius 2 is 1.29 bits per heavy atom. The summed E-state index contributed by atoms with van der Waals surface area (Å²) in [7, 11) is 0. The fourth-order valence-electron chi connectivity index (χ4n) is 4.65. The van der Waals surface area contributed by atoms with Gasteiger partial charge in [0.15, 0.2) is 0 Å². The zero-order valence-corrected chi connectivity index (χ0v) is 20.9. The number of ketones is 1. The maximum Gasteiger partial charge on any atom is 0.130 e. The SMILES string of the molecule is CC(=O)CC(C)C.CC1=Cc2c(c3cc(C)c(C)cc3c3cc(C)c(C)cc23)CC1C. The highest BCUT2D eigenvalue weighted by Crippen LogP contribution is 2.41. The fraction of sp³-hybridized carbons (Fsp3) is 0.433. The molecular weight excluding hydrogens is 376 g/mol. The van der Waals surface area contributed by atoms with E-state index in [-0.39, 0.29) is 5.78 Å². The van der Waals surface area contributed by atoms with E-state index < -0.39 is 0 Å². The Kier molecular flexibility index (Phi) is 6.74. The number of hydrogen-bond acceptors (Lipinski definition) is 1. The van der Waals surface area contributed by atoms with Crippen LogP contribution in [0.5, 0.6) is 0 Å². The van der Waals surface area contributed by atoms with Crippen LogP contribution in [0.3, 0.4) is 0 Å². The first-order chi connectivity index (χ1) is 14.5. The summed E-state index contributed by atoms with van der Waals surface area (Å²) in [6.45, 7) is 19.3. The number of benzene rings is 3. The van der Waals surface area contributed by atoms with Crippen LogP contribution < -0.4 is 0 Å². The molecule has 0 heterocycles. The predicted molar refractivity (Wildman–Crippen MR) is 137 cm³/mol. The van der Waals surface area contributed by atoms with Gasteiger partial charge >= 0.3 is 0 Å². The molecule has 1 nitrogen and oxygen atoms in total.